The van der Waals surface area contributed by atoms with Gasteiger partial charge >= 0.3 is 10.4 Å². The van der Waals surface area contributed by atoms with Crippen molar-refractivity contribution in [3.63, 3.8) is 0 Å². The molecule has 2 amide bonds. The fraction of sp³-hybridized carbons (Fsp3) is 0.381. The Kier molecular flexibility index (Phi) is 13.1. The lowest BCUT2D eigenvalue weighted by Crippen LogP contribution is -2.60. The number of aliphatic hydroxyl groups is 4. The molecule has 6 N–H and O–H groups in total. The number of benzene rings is 4. The van der Waals surface area contributed by atoms with E-state index in [1.165, 1.54) is 37.3 Å². The molecule has 1 fully saturated rings. The van der Waals surface area contributed by atoms with E-state index in [0.29, 0.717) is 52.0 Å². The summed E-state index contributed by atoms with van der Waals surface area (Å²) in [5.41, 5.74) is 2.62. The summed E-state index contributed by atoms with van der Waals surface area (Å²) in [7, 11) is 1.63. The molecule has 2 aliphatic rings. The Morgan fingerprint density at radius 2 is 1.73 bits per heavy atom. The zero-order valence-corrected chi connectivity index (χ0v) is 35.9. The van der Waals surface area contributed by atoms with Crippen LogP contribution in [-0.4, -0.2) is 142 Å². The highest BCUT2D eigenvalue weighted by molar-refractivity contribution is 7.82. The van der Waals surface area contributed by atoms with E-state index in [9.17, 15) is 38.4 Å². The molecule has 4 aromatic carbocycles. The molecular weight excluding hydrogens is 852 g/mol. The van der Waals surface area contributed by atoms with Gasteiger partial charge in [-0.15, -0.1) is 20.0 Å². The summed E-state index contributed by atoms with van der Waals surface area (Å²) in [5, 5.41) is 45.0. The van der Waals surface area contributed by atoms with Gasteiger partial charge in [0.05, 0.1) is 19.4 Å². The molecule has 3 heterocycles. The maximum absolute atomic E-state index is 14.5. The van der Waals surface area contributed by atoms with E-state index >= 15 is 0 Å². The molecular formula is C42H47ClN4O14S. The second kappa shape index (κ2) is 18.1. The van der Waals surface area contributed by atoms with Crippen LogP contribution in [0.4, 0.5) is 5.69 Å². The predicted molar refractivity (Wildman–Crippen MR) is 227 cm³/mol. The number of aromatic nitrogens is 1. The van der Waals surface area contributed by atoms with Gasteiger partial charge in [-0.3, -0.25) is 9.59 Å². The second-order valence-corrected chi connectivity index (χ2v) is 16.6. The van der Waals surface area contributed by atoms with Gasteiger partial charge in [-0.1, -0.05) is 18.2 Å². The number of hydrogen-bond donors (Lipinski definition) is 6. The number of aromatic amines is 1. The molecule has 6 atom stereocenters. The number of anilines is 1. The Morgan fingerprint density at radius 3 is 2.42 bits per heavy atom. The Balaban J connectivity index is 1.24. The summed E-state index contributed by atoms with van der Waals surface area (Å²) in [6.07, 6.45) is -8.42. The van der Waals surface area contributed by atoms with Crippen molar-refractivity contribution in [3.8, 4) is 28.7 Å². The normalized spacial score (nSPS) is 21.2. The number of nitrogens with one attached hydrogen (secondary N) is 2. The lowest BCUT2D eigenvalue weighted by Gasteiger charge is -2.39. The Labute approximate surface area is 361 Å². The fourth-order valence-corrected chi connectivity index (χ4v) is 8.56. The maximum atomic E-state index is 14.5. The van der Waals surface area contributed by atoms with E-state index in [1.54, 1.807) is 30.3 Å². The van der Waals surface area contributed by atoms with Gasteiger partial charge in [-0.2, -0.15) is 0 Å². The number of methoxy groups -OCH3 is 1. The molecule has 332 valence electrons. The first-order chi connectivity index (χ1) is 29.6. The number of amides is 2. The molecule has 62 heavy (non-hydrogen) atoms. The summed E-state index contributed by atoms with van der Waals surface area (Å²) < 4.78 is 61.8. The summed E-state index contributed by atoms with van der Waals surface area (Å²) in [4.78, 5) is 33.8. The number of carbonyl (C=O) groups excluding carboxylic acids is 2. The molecule has 2 aliphatic heterocycles. The third-order valence-electron chi connectivity index (χ3n) is 10.7. The van der Waals surface area contributed by atoms with Crippen LogP contribution in [0.2, 0.25) is 0 Å². The van der Waals surface area contributed by atoms with Crippen LogP contribution in [-0.2, 0) is 15.1 Å². The first-order valence-corrected chi connectivity index (χ1v) is 21.3. The van der Waals surface area contributed by atoms with Gasteiger partial charge in [-0.05, 0) is 67.9 Å². The lowest BCUT2D eigenvalue weighted by molar-refractivity contribution is -0.277. The molecule has 1 saturated heterocycles. The molecule has 0 saturated carbocycles. The van der Waals surface area contributed by atoms with Crippen molar-refractivity contribution in [2.75, 3.05) is 65.3 Å². The van der Waals surface area contributed by atoms with Crippen LogP contribution >= 0.6 is 11.6 Å². The van der Waals surface area contributed by atoms with Gasteiger partial charge in [0.1, 0.15) is 36.7 Å². The van der Waals surface area contributed by atoms with Crippen molar-refractivity contribution in [2.24, 2.45) is 0 Å². The Hall–Kier alpha value is -5.38. The van der Waals surface area contributed by atoms with Crippen molar-refractivity contribution < 1.29 is 65.7 Å². The van der Waals surface area contributed by atoms with Gasteiger partial charge in [0, 0.05) is 65.9 Å². The van der Waals surface area contributed by atoms with Crippen molar-refractivity contribution in [1.82, 2.24) is 15.2 Å². The molecule has 18 nitrogen and oxygen atoms in total. The number of rotatable bonds is 15. The van der Waals surface area contributed by atoms with E-state index in [2.05, 4.69) is 10.3 Å². The van der Waals surface area contributed by atoms with Crippen molar-refractivity contribution in [2.45, 2.75) is 43.5 Å². The molecule has 0 spiro atoms. The highest BCUT2D eigenvalue weighted by Crippen LogP contribution is 2.48. The largest absolute Gasteiger partial charge is 0.501 e. The fourth-order valence-electron chi connectivity index (χ4n) is 7.57. The minimum absolute atomic E-state index is 0.0535. The third-order valence-corrected chi connectivity index (χ3v) is 11.9. The number of nitrogens with zero attached hydrogens (tertiary/aromatic N) is 2. The number of H-pyrrole nitrogens is 1. The number of carbonyl (C=O) groups is 2. The quantitative estimate of drug-likeness (QED) is 0.0829. The monoisotopic (exact) mass is 898 g/mol. The zero-order chi connectivity index (χ0) is 44.6. The number of aliphatic hydroxyl groups excluding tert-OH is 4. The van der Waals surface area contributed by atoms with E-state index in [-0.39, 0.29) is 41.1 Å². The summed E-state index contributed by atoms with van der Waals surface area (Å²) in [6, 6.07) is 15.4. The smallest absolute Gasteiger partial charge is 0.493 e. The number of ether oxygens (including phenoxy) is 4. The van der Waals surface area contributed by atoms with Crippen LogP contribution in [0.1, 0.15) is 37.9 Å². The second-order valence-electron chi connectivity index (χ2n) is 15.1. The first kappa shape index (κ1) is 44.7. The van der Waals surface area contributed by atoms with Gasteiger partial charge in [0.2, 0.25) is 6.29 Å². The van der Waals surface area contributed by atoms with Crippen LogP contribution in [0, 0.1) is 6.92 Å². The minimum Gasteiger partial charge on any atom is -0.493 e. The standard InChI is InChI=1S/C42H47ClN4O14S/c1-21-7-6-8-25-30(60-62(54,55)61-33-14-22(40(52)44-2)9-10-29(33)58-42-39(51)38(50)37(49)34(20-48)59-42)17-28-36(35(21)25)24(18-43)19-47(28)41(53)27-13-23-15-32(57-12-11-46(3)4)31(56-5)16-26(23)45-27/h6-10,13-17,24,34,37-39,42,45,48-51H,11-12,18-20H2,1-5H3,(H,44,52)/t24-,34-,37+,38+,39-,42-/m1/s1. The number of halogens is 1. The van der Waals surface area contributed by atoms with Crippen LogP contribution in [0.25, 0.3) is 21.7 Å². The molecule has 0 bridgehead atoms. The topological polar surface area (TPSA) is 239 Å². The number of aryl methyl sites for hydroxylation is 1. The third kappa shape index (κ3) is 8.80. The molecule has 0 radical (unpaired) electrons. The van der Waals surface area contributed by atoms with Gasteiger partial charge < -0.3 is 67.8 Å². The summed E-state index contributed by atoms with van der Waals surface area (Å²) in [5.74, 6) is -1.43. The first-order valence-electron chi connectivity index (χ1n) is 19.5. The number of alkyl halides is 1. The van der Waals surface area contributed by atoms with Crippen LogP contribution in [0.5, 0.6) is 28.7 Å². The van der Waals surface area contributed by atoms with Gasteiger partial charge in [0.25, 0.3) is 11.8 Å². The van der Waals surface area contributed by atoms with E-state index in [4.69, 9.17) is 38.9 Å². The number of hydrogen-bond acceptors (Lipinski definition) is 15. The predicted octanol–water partition coefficient (Wildman–Crippen LogP) is 2.80. The van der Waals surface area contributed by atoms with Crippen LogP contribution < -0.4 is 32.8 Å². The Bertz CT molecular complexity index is 2600. The van der Waals surface area contributed by atoms with Crippen molar-refractivity contribution in [1.29, 1.82) is 0 Å². The molecule has 5 aromatic rings. The zero-order valence-electron chi connectivity index (χ0n) is 34.3. The minimum atomic E-state index is -5.13. The van der Waals surface area contributed by atoms with Crippen LogP contribution in [0.15, 0.2) is 60.7 Å². The van der Waals surface area contributed by atoms with Crippen molar-refractivity contribution in [3.05, 3.63) is 83.0 Å². The van der Waals surface area contributed by atoms with E-state index in [0.717, 1.165) is 17.2 Å². The molecule has 0 unspecified atom stereocenters. The SMILES string of the molecule is CNC(=O)c1ccc(O[C@@H]2O[C@H](CO)[C@H](O)[C@H](O)[C@H]2O)c(OS(=O)(=O)Oc2cc3c(c4c(C)cccc24)[C@H](CCl)CN3C(=O)c2cc3cc(OCCN(C)C)c(OC)cc3[nH]2)c1. The summed E-state index contributed by atoms with van der Waals surface area (Å²) in [6.45, 7) is 2.33. The lowest BCUT2D eigenvalue weighted by atomic mass is 9.92. The highest BCUT2D eigenvalue weighted by Gasteiger charge is 2.45. The van der Waals surface area contributed by atoms with E-state index in [1.807, 2.05) is 32.0 Å². The average Bonchev–Trinajstić information content (AvgIpc) is 3.84. The Morgan fingerprint density at radius 1 is 0.968 bits per heavy atom. The average molecular weight is 899 g/mol. The molecule has 20 heteroatoms. The highest BCUT2D eigenvalue weighted by atomic mass is 35.5. The number of fused-ring (bicyclic) bond motifs is 4. The molecule has 1 aromatic heterocycles. The molecule has 0 aliphatic carbocycles. The molecule has 7 rings (SSSR count). The van der Waals surface area contributed by atoms with Crippen LogP contribution in [0.3, 0.4) is 0 Å². The summed E-state index contributed by atoms with van der Waals surface area (Å²) >= 11 is 6.56. The van der Waals surface area contributed by atoms with Gasteiger partial charge in [0.15, 0.2) is 28.7 Å². The van der Waals surface area contributed by atoms with E-state index < -0.39 is 65.3 Å². The maximum Gasteiger partial charge on any atom is 0.501 e. The van der Waals surface area contributed by atoms with Gasteiger partial charge in [-0.25, -0.2) is 0 Å². The number of likely N-dealkylation sites (N-methyl/N-ethyl adjacent to an activating group) is 1. The van der Waals surface area contributed by atoms with Crippen molar-refractivity contribution >= 4 is 61.2 Å².